The molecule has 0 aliphatic heterocycles. The highest BCUT2D eigenvalue weighted by atomic mass is 16.3. The van der Waals surface area contributed by atoms with Gasteiger partial charge in [-0.15, -0.1) is 0 Å². The molecule has 262 valence electrons. The molecule has 0 N–H and O–H groups in total. The minimum atomic E-state index is -0.458. The number of furan rings is 1. The summed E-state index contributed by atoms with van der Waals surface area (Å²) in [5, 5.41) is 3.69. The van der Waals surface area contributed by atoms with Crippen molar-refractivity contribution in [2.45, 2.75) is 0 Å². The maximum Gasteiger partial charge on any atom is 0.166 e. The van der Waals surface area contributed by atoms with Crippen LogP contribution in [0.25, 0.3) is 106 Å². The summed E-state index contributed by atoms with van der Waals surface area (Å²) in [6.07, 6.45) is 0. The van der Waals surface area contributed by atoms with E-state index in [0.717, 1.165) is 55.1 Å². The Balaban J connectivity index is 1.21. The molecule has 0 saturated heterocycles. The molecule has 11 aromatic rings. The lowest BCUT2D eigenvalue weighted by atomic mass is 9.95. The number of nitrogens with zero attached hydrogens (tertiary/aromatic N) is 4. The summed E-state index contributed by atoms with van der Waals surface area (Å²) in [5.41, 5.74) is 8.39. The minimum Gasteiger partial charge on any atom is -0.455 e. The summed E-state index contributed by atoms with van der Waals surface area (Å²) in [4.78, 5) is 15.6. The van der Waals surface area contributed by atoms with Crippen molar-refractivity contribution in [1.82, 2.24) is 19.5 Å². The molecule has 0 radical (unpaired) electrons. The summed E-state index contributed by atoms with van der Waals surface area (Å²) in [7, 11) is 0. The van der Waals surface area contributed by atoms with Gasteiger partial charge in [0.1, 0.15) is 11.2 Å². The summed E-state index contributed by atoms with van der Waals surface area (Å²) < 4.78 is 52.2. The number of hydrogen-bond donors (Lipinski definition) is 0. The van der Waals surface area contributed by atoms with E-state index in [2.05, 4.69) is 59.2 Å². The van der Waals surface area contributed by atoms with Crippen LogP contribution >= 0.6 is 0 Å². The Kier molecular flexibility index (Phi) is 6.29. The van der Waals surface area contributed by atoms with Crippen LogP contribution < -0.4 is 0 Å². The predicted octanol–water partition coefficient (Wildman–Crippen LogP) is 13.2. The summed E-state index contributed by atoms with van der Waals surface area (Å²) in [5.74, 6) is 1.40. The van der Waals surface area contributed by atoms with E-state index < -0.39 is 18.1 Å². The van der Waals surface area contributed by atoms with Gasteiger partial charge < -0.3 is 8.98 Å². The Morgan fingerprint density at radius 2 is 1.02 bits per heavy atom. The van der Waals surface area contributed by atoms with Crippen molar-refractivity contribution >= 4 is 43.7 Å². The average Bonchev–Trinajstić information content (AvgIpc) is 3.87. The first kappa shape index (κ1) is 27.0. The van der Waals surface area contributed by atoms with Crippen molar-refractivity contribution in [3.63, 3.8) is 0 Å². The van der Waals surface area contributed by atoms with Crippen molar-refractivity contribution in [2.24, 2.45) is 0 Å². The zero-order valence-electron chi connectivity index (χ0n) is 34.8. The Morgan fingerprint density at radius 1 is 0.429 bits per heavy atom. The lowest BCUT2D eigenvalue weighted by Crippen LogP contribution is -2.03. The van der Waals surface area contributed by atoms with Crippen LogP contribution in [0.2, 0.25) is 0 Å². The highest BCUT2D eigenvalue weighted by Crippen LogP contribution is 2.43. The quantitative estimate of drug-likeness (QED) is 0.172. The molecule has 0 saturated carbocycles. The zero-order valence-corrected chi connectivity index (χ0v) is 29.8. The van der Waals surface area contributed by atoms with Gasteiger partial charge in [-0.25, -0.2) is 15.0 Å². The number of para-hydroxylation sites is 3. The van der Waals surface area contributed by atoms with E-state index >= 15 is 0 Å². The second-order valence-corrected chi connectivity index (χ2v) is 13.6. The van der Waals surface area contributed by atoms with E-state index in [9.17, 15) is 0 Å². The lowest BCUT2D eigenvalue weighted by molar-refractivity contribution is 0.670. The largest absolute Gasteiger partial charge is 0.455 e. The molecule has 3 aromatic heterocycles. The third-order valence-electron chi connectivity index (χ3n) is 10.3. The van der Waals surface area contributed by atoms with Crippen LogP contribution in [0.3, 0.4) is 0 Å². The van der Waals surface area contributed by atoms with Gasteiger partial charge >= 0.3 is 0 Å². The SMILES string of the molecule is [2H]c1c([2H])c([2H])c(-c2cc(-c3ccccc3)cc3c2oc2cccc(-c4nc(-c5ccccc5)nc(-c5ccccc5-n5c6ccccc6c6ccccc65)n4)c23)c([2H])c1[2H]. The molecule has 11 rings (SSSR count). The molecule has 0 aliphatic rings. The average molecular weight is 722 g/mol. The molecule has 0 spiro atoms. The summed E-state index contributed by atoms with van der Waals surface area (Å²) in [6, 6.07) is 52.2. The Labute approximate surface area is 329 Å². The van der Waals surface area contributed by atoms with Crippen LogP contribution in [0.5, 0.6) is 0 Å². The van der Waals surface area contributed by atoms with Gasteiger partial charge in [-0.05, 0) is 59.2 Å². The van der Waals surface area contributed by atoms with E-state index in [1.165, 1.54) is 0 Å². The molecule has 0 amide bonds. The van der Waals surface area contributed by atoms with E-state index in [0.29, 0.717) is 45.2 Å². The zero-order chi connectivity index (χ0) is 41.4. The van der Waals surface area contributed by atoms with Gasteiger partial charge in [0, 0.05) is 43.8 Å². The number of hydrogen-bond acceptors (Lipinski definition) is 4. The van der Waals surface area contributed by atoms with Gasteiger partial charge in [-0.3, -0.25) is 0 Å². The van der Waals surface area contributed by atoms with E-state index in [1.807, 2.05) is 109 Å². The van der Waals surface area contributed by atoms with Crippen LogP contribution in [-0.2, 0) is 0 Å². The number of rotatable bonds is 6. The Hall–Kier alpha value is -7.63. The monoisotopic (exact) mass is 721 g/mol. The molecule has 0 aliphatic carbocycles. The standard InChI is InChI=1S/C51H32N4O/c1-4-17-33(18-5-1)36-31-41(34-19-6-2-7-20-34)48-42(32-36)47-40(26-16-30-46(47)56-48)51-53-49(35-21-8-3-9-22-35)52-50(54-51)39-25-12-15-29-45(39)55-43-27-13-10-23-37(43)38-24-11-14-28-44(38)55/h1-32H/i2D,6D,7D,19D,20D. The highest BCUT2D eigenvalue weighted by Gasteiger charge is 2.22. The first-order chi connectivity index (χ1) is 29.9. The predicted molar refractivity (Wildman–Crippen MR) is 229 cm³/mol. The van der Waals surface area contributed by atoms with Crippen molar-refractivity contribution in [3.8, 4) is 62.1 Å². The summed E-state index contributed by atoms with van der Waals surface area (Å²) >= 11 is 0. The smallest absolute Gasteiger partial charge is 0.166 e. The van der Waals surface area contributed by atoms with Crippen molar-refractivity contribution in [2.75, 3.05) is 0 Å². The van der Waals surface area contributed by atoms with Gasteiger partial charge in [0.2, 0.25) is 0 Å². The molecule has 0 bridgehead atoms. The van der Waals surface area contributed by atoms with Crippen molar-refractivity contribution in [1.29, 1.82) is 0 Å². The van der Waals surface area contributed by atoms with E-state index in [1.54, 1.807) is 0 Å². The fourth-order valence-electron chi connectivity index (χ4n) is 7.86. The summed E-state index contributed by atoms with van der Waals surface area (Å²) in [6.45, 7) is 0. The molecular formula is C51H32N4O. The number of fused-ring (bicyclic) bond motifs is 6. The normalized spacial score (nSPS) is 12.8. The first-order valence-corrected chi connectivity index (χ1v) is 18.4. The minimum absolute atomic E-state index is 0.0601. The molecular weight excluding hydrogens is 685 g/mol. The maximum atomic E-state index is 8.96. The first-order valence-electron chi connectivity index (χ1n) is 20.9. The Bertz CT molecular complexity index is 3470. The van der Waals surface area contributed by atoms with Crippen LogP contribution in [0.4, 0.5) is 0 Å². The van der Waals surface area contributed by atoms with Crippen LogP contribution in [0, 0.1) is 0 Å². The van der Waals surface area contributed by atoms with Crippen LogP contribution in [0.15, 0.2) is 198 Å². The maximum absolute atomic E-state index is 8.96. The van der Waals surface area contributed by atoms with Crippen molar-refractivity contribution in [3.05, 3.63) is 194 Å². The molecule has 0 atom stereocenters. The molecule has 3 heterocycles. The molecule has 0 fully saturated rings. The second kappa shape index (κ2) is 13.0. The molecule has 5 heteroatoms. The fourth-order valence-corrected chi connectivity index (χ4v) is 7.86. The molecule has 8 aromatic carbocycles. The van der Waals surface area contributed by atoms with Gasteiger partial charge in [-0.2, -0.15) is 0 Å². The van der Waals surface area contributed by atoms with Gasteiger partial charge in [0.15, 0.2) is 17.5 Å². The topological polar surface area (TPSA) is 56.7 Å². The molecule has 56 heavy (non-hydrogen) atoms. The lowest BCUT2D eigenvalue weighted by Gasteiger charge is -2.14. The number of benzene rings is 8. The fraction of sp³-hybridized carbons (Fsp3) is 0. The third-order valence-corrected chi connectivity index (χ3v) is 10.3. The van der Waals surface area contributed by atoms with E-state index in [-0.39, 0.29) is 17.6 Å². The third kappa shape index (κ3) is 5.21. The van der Waals surface area contributed by atoms with Crippen LogP contribution in [0.1, 0.15) is 6.85 Å². The highest BCUT2D eigenvalue weighted by molar-refractivity contribution is 6.16. The van der Waals surface area contributed by atoms with Crippen LogP contribution in [-0.4, -0.2) is 19.5 Å². The van der Waals surface area contributed by atoms with E-state index in [4.69, 9.17) is 26.2 Å². The molecule has 5 nitrogen and oxygen atoms in total. The second-order valence-electron chi connectivity index (χ2n) is 13.6. The van der Waals surface area contributed by atoms with Crippen molar-refractivity contribution < 1.29 is 11.3 Å². The van der Waals surface area contributed by atoms with Gasteiger partial charge in [0.25, 0.3) is 0 Å². The number of aromatic nitrogens is 4. The Morgan fingerprint density at radius 3 is 1.75 bits per heavy atom. The molecule has 0 unspecified atom stereocenters. The van der Waals surface area contributed by atoms with Gasteiger partial charge in [0.05, 0.1) is 23.6 Å². The van der Waals surface area contributed by atoms with Gasteiger partial charge in [-0.1, -0.05) is 152 Å².